The molecule has 1 aromatic heterocycles. The fourth-order valence-corrected chi connectivity index (χ4v) is 3.45. The fourth-order valence-electron chi connectivity index (χ4n) is 2.19. The van der Waals surface area contributed by atoms with Gasteiger partial charge in [0.15, 0.2) is 11.3 Å². The van der Waals surface area contributed by atoms with E-state index in [0.717, 1.165) is 19.7 Å². The lowest BCUT2D eigenvalue weighted by atomic mass is 10.0. The number of ether oxygens (including phenoxy) is 1. The Morgan fingerprint density at radius 2 is 1.81 bits per heavy atom. The highest BCUT2D eigenvalue weighted by molar-refractivity contribution is 7.90. The molecule has 0 radical (unpaired) electrons. The molecule has 26 heavy (non-hydrogen) atoms. The second-order valence-corrected chi connectivity index (χ2v) is 7.56. The molecule has 0 bridgehead atoms. The predicted molar refractivity (Wildman–Crippen MR) is 90.7 cm³/mol. The number of carbonyl (C=O) groups excluding carboxylic acids is 1. The summed E-state index contributed by atoms with van der Waals surface area (Å²) >= 11 is 0. The molecule has 0 fully saturated rings. The van der Waals surface area contributed by atoms with Gasteiger partial charge in [-0.05, 0) is 23.6 Å². The number of amides is 1. The van der Waals surface area contributed by atoms with Gasteiger partial charge in [0, 0.05) is 7.05 Å². The van der Waals surface area contributed by atoms with Gasteiger partial charge in [-0.1, -0.05) is 26.0 Å². The van der Waals surface area contributed by atoms with Crippen molar-refractivity contribution in [3.05, 3.63) is 57.8 Å². The van der Waals surface area contributed by atoms with Crippen LogP contribution in [-0.4, -0.2) is 30.2 Å². The number of halogens is 1. The first-order valence-corrected chi connectivity index (χ1v) is 9.00. The smallest absolute Gasteiger partial charge is 0.435 e. The van der Waals surface area contributed by atoms with E-state index in [-0.39, 0.29) is 14.8 Å². The maximum atomic E-state index is 14.3. The Labute approximate surface area is 149 Å². The van der Waals surface area contributed by atoms with Crippen LogP contribution in [0.5, 0.6) is 0 Å². The van der Waals surface area contributed by atoms with Crippen LogP contribution in [0.15, 0.2) is 45.1 Å². The average molecular weight is 383 g/mol. The van der Waals surface area contributed by atoms with Crippen molar-refractivity contribution in [2.24, 2.45) is 12.0 Å². The third-order valence-electron chi connectivity index (χ3n) is 3.71. The number of hydrogen-bond donors (Lipinski definition) is 0. The molecule has 2 rings (SSSR count). The lowest BCUT2D eigenvalue weighted by Gasteiger charge is -2.11. The van der Waals surface area contributed by atoms with E-state index < -0.39 is 33.1 Å². The van der Waals surface area contributed by atoms with Gasteiger partial charge in [-0.3, -0.25) is 4.57 Å². The third-order valence-corrected chi connectivity index (χ3v) is 5.36. The summed E-state index contributed by atoms with van der Waals surface area (Å²) in [5.41, 5.74) is -0.800. The van der Waals surface area contributed by atoms with E-state index >= 15 is 0 Å². The Bertz CT molecular complexity index is 1070. The van der Waals surface area contributed by atoms with Crippen LogP contribution in [0.25, 0.3) is 0 Å². The molecule has 1 amide bonds. The maximum Gasteiger partial charge on any atom is 0.435 e. The molecule has 0 aliphatic carbocycles. The first-order chi connectivity index (χ1) is 12.1. The van der Waals surface area contributed by atoms with Crippen LogP contribution in [-0.2, 0) is 21.8 Å². The Morgan fingerprint density at radius 3 is 2.31 bits per heavy atom. The van der Waals surface area contributed by atoms with Crippen molar-refractivity contribution in [2.75, 3.05) is 7.11 Å². The van der Waals surface area contributed by atoms with Gasteiger partial charge in [0.2, 0.25) is 0 Å². The van der Waals surface area contributed by atoms with Gasteiger partial charge in [-0.2, -0.15) is 8.96 Å². The molecule has 0 aliphatic heterocycles. The van der Waals surface area contributed by atoms with Crippen LogP contribution >= 0.6 is 0 Å². The average Bonchev–Trinajstić information content (AvgIpc) is 2.61. The molecular formula is C16H18FN3O5S. The molecule has 0 atom stereocenters. The van der Waals surface area contributed by atoms with Gasteiger partial charge in [0.25, 0.3) is 10.0 Å². The van der Waals surface area contributed by atoms with Crippen LogP contribution in [0.2, 0.25) is 0 Å². The highest BCUT2D eigenvalue weighted by Gasteiger charge is 2.22. The summed E-state index contributed by atoms with van der Waals surface area (Å²) < 4.78 is 44.8. The third kappa shape index (κ3) is 3.59. The van der Waals surface area contributed by atoms with Crippen molar-refractivity contribution < 1.29 is 22.3 Å². The van der Waals surface area contributed by atoms with Crippen molar-refractivity contribution in [2.45, 2.75) is 24.7 Å². The van der Waals surface area contributed by atoms with Gasteiger partial charge in [0.1, 0.15) is 0 Å². The normalized spacial score (nSPS) is 12.5. The van der Waals surface area contributed by atoms with Gasteiger partial charge in [-0.25, -0.2) is 22.4 Å². The molecule has 2 aromatic rings. The van der Waals surface area contributed by atoms with Crippen LogP contribution in [0.4, 0.5) is 9.18 Å². The van der Waals surface area contributed by atoms with Crippen molar-refractivity contribution >= 4 is 16.1 Å². The van der Waals surface area contributed by atoms with Crippen molar-refractivity contribution in [3.8, 4) is 0 Å². The summed E-state index contributed by atoms with van der Waals surface area (Å²) in [6.45, 7) is 3.90. The minimum Gasteiger partial charge on any atom is -0.451 e. The van der Waals surface area contributed by atoms with E-state index in [1.165, 1.54) is 12.1 Å². The molecular weight excluding hydrogens is 365 g/mol. The molecule has 0 saturated heterocycles. The maximum absolute atomic E-state index is 14.3. The van der Waals surface area contributed by atoms with E-state index in [1.807, 2.05) is 13.8 Å². The highest BCUT2D eigenvalue weighted by Crippen LogP contribution is 2.18. The predicted octanol–water partition coefficient (Wildman–Crippen LogP) is 1.35. The number of nitrogens with zero attached hydrogens (tertiary/aromatic N) is 3. The lowest BCUT2D eigenvalue weighted by Crippen LogP contribution is -2.42. The minimum atomic E-state index is -4.32. The molecule has 0 N–H and O–H groups in total. The monoisotopic (exact) mass is 383 g/mol. The van der Waals surface area contributed by atoms with E-state index in [0.29, 0.717) is 10.8 Å². The molecule has 140 valence electrons. The van der Waals surface area contributed by atoms with Crippen LogP contribution in [0, 0.1) is 5.82 Å². The molecule has 8 nitrogen and oxygen atoms in total. The summed E-state index contributed by atoms with van der Waals surface area (Å²) in [5, 5.41) is 0. The molecule has 10 heteroatoms. The molecule has 0 unspecified atom stereocenters. The number of carbonyl (C=O) groups is 1. The van der Waals surface area contributed by atoms with Gasteiger partial charge < -0.3 is 4.74 Å². The molecule has 0 aliphatic rings. The van der Waals surface area contributed by atoms with Crippen molar-refractivity contribution in [3.63, 3.8) is 0 Å². The van der Waals surface area contributed by atoms with Crippen LogP contribution in [0.1, 0.15) is 25.3 Å². The van der Waals surface area contributed by atoms with Crippen molar-refractivity contribution in [1.82, 2.24) is 8.54 Å². The van der Waals surface area contributed by atoms with Crippen LogP contribution in [0.3, 0.4) is 0 Å². The van der Waals surface area contributed by atoms with E-state index in [4.69, 9.17) is 0 Å². The van der Waals surface area contributed by atoms with Gasteiger partial charge >= 0.3 is 11.8 Å². The highest BCUT2D eigenvalue weighted by atomic mass is 32.2. The second-order valence-electron chi connectivity index (χ2n) is 5.75. The summed E-state index contributed by atoms with van der Waals surface area (Å²) in [4.78, 5) is 26.7. The Balaban J connectivity index is 2.66. The Hall–Kier alpha value is -2.75. The molecule has 0 spiro atoms. The standard InChI is InChI=1S/C16H18FN3O5S/c1-10(2)11-5-7-12(8-6-11)26(23,24)20-9-13(17)14(18-15(21)25-4)19(3)16(20)22/h5-10H,1-4H3/b18-14+. The lowest BCUT2D eigenvalue weighted by molar-refractivity contribution is 0.181. The quantitative estimate of drug-likeness (QED) is 0.797. The Kier molecular flexibility index (Phi) is 5.45. The topological polar surface area (TPSA) is 99.7 Å². The number of aromatic nitrogens is 2. The van der Waals surface area contributed by atoms with Gasteiger partial charge in [-0.15, -0.1) is 0 Å². The van der Waals surface area contributed by atoms with Gasteiger partial charge in [0.05, 0.1) is 18.2 Å². The van der Waals surface area contributed by atoms with E-state index in [2.05, 4.69) is 9.73 Å². The summed E-state index contributed by atoms with van der Waals surface area (Å²) in [7, 11) is -2.19. The molecule has 0 saturated carbocycles. The number of methoxy groups -OCH3 is 1. The summed E-state index contributed by atoms with van der Waals surface area (Å²) in [5.74, 6) is -0.969. The van der Waals surface area contributed by atoms with Crippen LogP contribution < -0.4 is 11.2 Å². The number of rotatable bonds is 3. The molecule has 1 heterocycles. The fraction of sp³-hybridized carbons (Fsp3) is 0.312. The largest absolute Gasteiger partial charge is 0.451 e. The zero-order valence-electron chi connectivity index (χ0n) is 14.6. The summed E-state index contributed by atoms with van der Waals surface area (Å²) in [6, 6.07) is 5.95. The van der Waals surface area contributed by atoms with Crippen molar-refractivity contribution in [1.29, 1.82) is 0 Å². The number of benzene rings is 1. The first-order valence-electron chi connectivity index (χ1n) is 7.56. The van der Waals surface area contributed by atoms with E-state index in [1.54, 1.807) is 12.1 Å². The second kappa shape index (κ2) is 7.24. The first kappa shape index (κ1) is 19.6. The zero-order valence-corrected chi connectivity index (χ0v) is 15.4. The number of hydrogen-bond acceptors (Lipinski definition) is 5. The zero-order chi connectivity index (χ0) is 19.6. The minimum absolute atomic E-state index is 0.166. The summed E-state index contributed by atoms with van der Waals surface area (Å²) in [6.07, 6.45) is -0.640. The van der Waals surface area contributed by atoms with E-state index in [9.17, 15) is 22.4 Å². The SMILES string of the molecule is COC(=O)/N=c1\c(F)cn(S(=O)(=O)c2ccc(C(C)C)cc2)c(=O)n1C. The Morgan fingerprint density at radius 1 is 1.23 bits per heavy atom. The molecule has 1 aromatic carbocycles.